The summed E-state index contributed by atoms with van der Waals surface area (Å²) < 4.78 is 0. The van der Waals surface area contributed by atoms with Crippen LogP contribution in [0.25, 0.3) is 0 Å². The maximum atomic E-state index is 12.6. The van der Waals surface area contributed by atoms with E-state index in [4.69, 9.17) is 5.11 Å². The molecule has 0 spiro atoms. The quantitative estimate of drug-likeness (QED) is 0.662. The summed E-state index contributed by atoms with van der Waals surface area (Å²) in [5, 5.41) is 9.04. The van der Waals surface area contributed by atoms with Crippen LogP contribution in [0.15, 0.2) is 36.4 Å². The predicted molar refractivity (Wildman–Crippen MR) is 73.6 cm³/mol. The van der Waals surface area contributed by atoms with E-state index >= 15 is 0 Å². The van der Waals surface area contributed by atoms with Gasteiger partial charge in [0.05, 0.1) is 23.1 Å². The van der Waals surface area contributed by atoms with Crippen molar-refractivity contribution in [1.82, 2.24) is 0 Å². The van der Waals surface area contributed by atoms with Gasteiger partial charge in [0.25, 0.3) is 0 Å². The van der Waals surface area contributed by atoms with Crippen molar-refractivity contribution in [2.45, 2.75) is 6.42 Å². The van der Waals surface area contributed by atoms with E-state index in [1.54, 1.807) is 12.1 Å². The van der Waals surface area contributed by atoms with Crippen molar-refractivity contribution < 1.29 is 19.5 Å². The Labute approximate surface area is 120 Å². The Morgan fingerprint density at radius 3 is 2.29 bits per heavy atom. The Balaban J connectivity index is 1.74. The van der Waals surface area contributed by atoms with E-state index < -0.39 is 5.97 Å². The summed E-state index contributed by atoms with van der Waals surface area (Å²) in [5.74, 6) is -1.66. The zero-order valence-electron chi connectivity index (χ0n) is 11.1. The molecule has 5 heteroatoms. The van der Waals surface area contributed by atoms with E-state index in [9.17, 15) is 14.4 Å². The highest BCUT2D eigenvalue weighted by Gasteiger charge is 2.59. The zero-order chi connectivity index (χ0) is 14.7. The average Bonchev–Trinajstić information content (AvgIpc) is 3.13. The van der Waals surface area contributed by atoms with Crippen LogP contribution in [-0.4, -0.2) is 22.9 Å². The standard InChI is InChI=1S/C16H13NO4/c18-14-12-8-4-5-9(6-8)13(12)15(19)17(14)11-3-1-2-10(7-11)16(20)21/h1-5,7-9,12-13H,6H2,(H,20,21)/t8-,9-,12-,13-/m0/s1. The Kier molecular flexibility index (Phi) is 2.37. The van der Waals surface area contributed by atoms with Crippen LogP contribution in [0.5, 0.6) is 0 Å². The first-order chi connectivity index (χ1) is 10.1. The third kappa shape index (κ3) is 1.54. The molecule has 21 heavy (non-hydrogen) atoms. The smallest absolute Gasteiger partial charge is 0.335 e. The molecule has 1 saturated carbocycles. The number of hydrogen-bond acceptors (Lipinski definition) is 3. The fraction of sp³-hybridized carbons (Fsp3) is 0.312. The number of carbonyl (C=O) groups excluding carboxylic acids is 2. The molecule has 5 nitrogen and oxygen atoms in total. The number of fused-ring (bicyclic) bond motifs is 5. The second kappa shape index (κ2) is 4.04. The number of carboxylic acids is 1. The second-order valence-electron chi connectivity index (χ2n) is 5.87. The van der Waals surface area contributed by atoms with Gasteiger partial charge >= 0.3 is 5.97 Å². The van der Waals surface area contributed by atoms with Crippen molar-refractivity contribution in [3.8, 4) is 0 Å². The lowest BCUT2D eigenvalue weighted by atomic mass is 9.85. The number of aromatic carboxylic acids is 1. The first kappa shape index (κ1) is 12.3. The van der Waals surface area contributed by atoms with Gasteiger partial charge in [-0.2, -0.15) is 0 Å². The first-order valence-corrected chi connectivity index (χ1v) is 6.97. The van der Waals surface area contributed by atoms with E-state index in [1.165, 1.54) is 17.0 Å². The van der Waals surface area contributed by atoms with Gasteiger partial charge in [-0.3, -0.25) is 9.59 Å². The zero-order valence-corrected chi connectivity index (χ0v) is 11.1. The number of anilines is 1. The normalized spacial score (nSPS) is 32.9. The van der Waals surface area contributed by atoms with Crippen molar-refractivity contribution >= 4 is 23.5 Å². The minimum atomic E-state index is -1.07. The number of imide groups is 1. The number of benzene rings is 1. The van der Waals surface area contributed by atoms with Gasteiger partial charge in [0.15, 0.2) is 0 Å². The summed E-state index contributed by atoms with van der Waals surface area (Å²) in [6.45, 7) is 0. The molecular weight excluding hydrogens is 270 g/mol. The summed E-state index contributed by atoms with van der Waals surface area (Å²) >= 11 is 0. The molecule has 3 aliphatic rings. The summed E-state index contributed by atoms with van der Waals surface area (Å²) in [6.07, 6.45) is 4.96. The van der Waals surface area contributed by atoms with Gasteiger partial charge in [0, 0.05) is 0 Å². The van der Waals surface area contributed by atoms with Gasteiger partial charge in [-0.25, -0.2) is 9.69 Å². The maximum absolute atomic E-state index is 12.6. The Bertz CT molecular complexity index is 678. The van der Waals surface area contributed by atoms with Gasteiger partial charge in [0.2, 0.25) is 11.8 Å². The van der Waals surface area contributed by atoms with Crippen LogP contribution in [0.4, 0.5) is 5.69 Å². The maximum Gasteiger partial charge on any atom is 0.335 e. The SMILES string of the molecule is O=C(O)c1cccc(N2C(=O)[C@@H]3[C@@H](C2=O)[C@H]2C=C[C@H]3C2)c1. The molecule has 1 aliphatic heterocycles. The highest BCUT2D eigenvalue weighted by atomic mass is 16.4. The number of nitrogens with zero attached hydrogens (tertiary/aromatic N) is 1. The number of carbonyl (C=O) groups is 3. The molecule has 1 heterocycles. The number of allylic oxidation sites excluding steroid dienone is 2. The molecule has 0 unspecified atom stereocenters. The Hall–Kier alpha value is -2.43. The molecule has 0 radical (unpaired) electrons. The minimum Gasteiger partial charge on any atom is -0.478 e. The lowest BCUT2D eigenvalue weighted by Crippen LogP contribution is -2.32. The summed E-state index contributed by atoms with van der Waals surface area (Å²) in [4.78, 5) is 37.4. The molecule has 1 saturated heterocycles. The molecule has 4 atom stereocenters. The molecule has 1 aromatic carbocycles. The van der Waals surface area contributed by atoms with Crippen molar-refractivity contribution in [3.63, 3.8) is 0 Å². The Morgan fingerprint density at radius 2 is 1.71 bits per heavy atom. The summed E-state index contributed by atoms with van der Waals surface area (Å²) in [6, 6.07) is 6.00. The van der Waals surface area contributed by atoms with Crippen molar-refractivity contribution in [3.05, 3.63) is 42.0 Å². The van der Waals surface area contributed by atoms with Crippen LogP contribution in [0.2, 0.25) is 0 Å². The topological polar surface area (TPSA) is 74.7 Å². The fourth-order valence-electron chi connectivity index (χ4n) is 3.93. The van der Waals surface area contributed by atoms with Crippen molar-refractivity contribution in [2.24, 2.45) is 23.7 Å². The number of hydrogen-bond donors (Lipinski definition) is 1. The highest BCUT2D eigenvalue weighted by molar-refractivity contribution is 6.23. The lowest BCUT2D eigenvalue weighted by Gasteiger charge is -2.17. The van der Waals surface area contributed by atoms with E-state index in [1.807, 2.05) is 12.2 Å². The first-order valence-electron chi connectivity index (χ1n) is 6.97. The molecule has 1 N–H and O–H groups in total. The third-order valence-corrected chi connectivity index (χ3v) is 4.82. The summed E-state index contributed by atoms with van der Waals surface area (Å²) in [5.41, 5.74) is 0.435. The molecule has 2 amide bonds. The summed E-state index contributed by atoms with van der Waals surface area (Å²) in [7, 11) is 0. The monoisotopic (exact) mass is 283 g/mol. The van der Waals surface area contributed by atoms with Crippen LogP contribution in [0.1, 0.15) is 16.8 Å². The second-order valence-corrected chi connectivity index (χ2v) is 5.87. The molecule has 2 fully saturated rings. The predicted octanol–water partition coefficient (Wildman–Crippen LogP) is 1.70. The van der Waals surface area contributed by atoms with Crippen molar-refractivity contribution in [1.29, 1.82) is 0 Å². The van der Waals surface area contributed by atoms with Crippen LogP contribution >= 0.6 is 0 Å². The molecule has 4 rings (SSSR count). The highest BCUT2D eigenvalue weighted by Crippen LogP contribution is 2.53. The lowest BCUT2D eigenvalue weighted by molar-refractivity contribution is -0.123. The number of rotatable bonds is 2. The van der Waals surface area contributed by atoms with Crippen LogP contribution in [-0.2, 0) is 9.59 Å². The van der Waals surface area contributed by atoms with Crippen LogP contribution in [0, 0.1) is 23.7 Å². The molecule has 2 bridgehead atoms. The van der Waals surface area contributed by atoms with Gasteiger partial charge in [-0.05, 0) is 36.5 Å². The molecule has 1 aromatic rings. The number of carboxylic acid groups (broad SMARTS) is 1. The average molecular weight is 283 g/mol. The van der Waals surface area contributed by atoms with Gasteiger partial charge in [-0.15, -0.1) is 0 Å². The van der Waals surface area contributed by atoms with E-state index in [2.05, 4.69) is 0 Å². The van der Waals surface area contributed by atoms with Crippen LogP contribution in [0.3, 0.4) is 0 Å². The van der Waals surface area contributed by atoms with Crippen LogP contribution < -0.4 is 4.90 Å². The van der Waals surface area contributed by atoms with Gasteiger partial charge in [0.1, 0.15) is 0 Å². The Morgan fingerprint density at radius 1 is 1.10 bits per heavy atom. The fourth-order valence-corrected chi connectivity index (χ4v) is 3.93. The molecule has 0 aromatic heterocycles. The van der Waals surface area contributed by atoms with E-state index in [0.717, 1.165) is 6.42 Å². The van der Waals surface area contributed by atoms with Gasteiger partial charge in [-0.1, -0.05) is 18.2 Å². The van der Waals surface area contributed by atoms with E-state index in [-0.39, 0.29) is 41.0 Å². The largest absolute Gasteiger partial charge is 0.478 e. The molecule has 106 valence electrons. The van der Waals surface area contributed by atoms with Crippen molar-refractivity contribution in [2.75, 3.05) is 4.90 Å². The third-order valence-electron chi connectivity index (χ3n) is 4.82. The molecule has 2 aliphatic carbocycles. The van der Waals surface area contributed by atoms with E-state index in [0.29, 0.717) is 5.69 Å². The minimum absolute atomic E-state index is 0.0752. The number of amides is 2. The van der Waals surface area contributed by atoms with Gasteiger partial charge < -0.3 is 5.11 Å². The molecular formula is C16H13NO4.